The van der Waals surface area contributed by atoms with Crippen molar-refractivity contribution in [3.05, 3.63) is 107 Å². The summed E-state index contributed by atoms with van der Waals surface area (Å²) < 4.78 is 13.2. The lowest BCUT2D eigenvalue weighted by Gasteiger charge is -2.15. The van der Waals surface area contributed by atoms with Crippen molar-refractivity contribution in [3.8, 4) is 23.0 Å². The number of rotatable bonds is 4. The Hall–Kier alpha value is -3.01. The summed E-state index contributed by atoms with van der Waals surface area (Å²) in [6.45, 7) is 0. The van der Waals surface area contributed by atoms with Gasteiger partial charge in [-0.05, 0) is 38.8 Å². The Labute approximate surface area is 187 Å². The molecular weight excluding hydrogens is 460 g/mol. The van der Waals surface area contributed by atoms with Crippen LogP contribution in [0.2, 0.25) is 5.02 Å². The van der Waals surface area contributed by atoms with Crippen molar-refractivity contribution in [2.24, 2.45) is 0 Å². The van der Waals surface area contributed by atoms with Crippen LogP contribution in [0.3, 0.4) is 0 Å². The van der Waals surface area contributed by atoms with Gasteiger partial charge in [-0.15, -0.1) is 0 Å². The van der Waals surface area contributed by atoms with Crippen molar-refractivity contribution in [2.45, 2.75) is 0 Å². The molecule has 0 fully saturated rings. The lowest BCUT2D eigenvalue weighted by Crippen LogP contribution is -1.92. The maximum atomic E-state index is 6.41. The molecule has 0 saturated heterocycles. The third-order valence-electron chi connectivity index (χ3n) is 4.91. The SMILES string of the molecule is Clc1cc(Oc2cccc3ccccc23)c(Br)c(Oc2cccc3ccccc23)c1. The van der Waals surface area contributed by atoms with Crippen molar-refractivity contribution < 1.29 is 9.47 Å². The first-order valence-corrected chi connectivity index (χ1v) is 10.7. The third kappa shape index (κ3) is 3.62. The van der Waals surface area contributed by atoms with E-state index in [9.17, 15) is 0 Å². The predicted molar refractivity (Wildman–Crippen MR) is 127 cm³/mol. The van der Waals surface area contributed by atoms with E-state index in [0.717, 1.165) is 33.0 Å². The van der Waals surface area contributed by atoms with Gasteiger partial charge in [-0.25, -0.2) is 0 Å². The molecule has 0 saturated carbocycles. The van der Waals surface area contributed by atoms with Crippen molar-refractivity contribution in [2.75, 3.05) is 0 Å². The molecule has 2 nitrogen and oxygen atoms in total. The molecule has 5 aromatic carbocycles. The Morgan fingerprint density at radius 3 is 1.47 bits per heavy atom. The van der Waals surface area contributed by atoms with E-state index in [1.165, 1.54) is 0 Å². The van der Waals surface area contributed by atoms with Gasteiger partial charge in [-0.3, -0.25) is 0 Å². The zero-order valence-corrected chi connectivity index (χ0v) is 18.2. The minimum absolute atomic E-state index is 0.531. The fourth-order valence-corrected chi connectivity index (χ4v) is 4.08. The van der Waals surface area contributed by atoms with E-state index in [-0.39, 0.29) is 0 Å². The highest BCUT2D eigenvalue weighted by Crippen LogP contribution is 2.43. The van der Waals surface area contributed by atoms with Gasteiger partial charge in [0.05, 0.1) is 0 Å². The molecule has 0 spiro atoms. The summed E-state index contributed by atoms with van der Waals surface area (Å²) in [5.41, 5.74) is 0. The van der Waals surface area contributed by atoms with Gasteiger partial charge in [-0.2, -0.15) is 0 Å². The Morgan fingerprint density at radius 1 is 0.533 bits per heavy atom. The highest BCUT2D eigenvalue weighted by Gasteiger charge is 2.15. The van der Waals surface area contributed by atoms with E-state index in [4.69, 9.17) is 21.1 Å². The smallest absolute Gasteiger partial charge is 0.146 e. The van der Waals surface area contributed by atoms with Crippen LogP contribution < -0.4 is 9.47 Å². The molecule has 0 amide bonds. The van der Waals surface area contributed by atoms with Crippen LogP contribution in [0.4, 0.5) is 0 Å². The van der Waals surface area contributed by atoms with Crippen molar-refractivity contribution in [1.29, 1.82) is 0 Å². The summed E-state index contributed by atoms with van der Waals surface area (Å²) in [6.07, 6.45) is 0. The number of benzene rings is 5. The minimum Gasteiger partial charge on any atom is -0.455 e. The normalized spacial score (nSPS) is 11.0. The molecule has 0 heterocycles. The van der Waals surface area contributed by atoms with Gasteiger partial charge in [0.2, 0.25) is 0 Å². The summed E-state index contributed by atoms with van der Waals surface area (Å²) in [5.74, 6) is 2.70. The summed E-state index contributed by atoms with van der Waals surface area (Å²) in [7, 11) is 0. The monoisotopic (exact) mass is 474 g/mol. The Bertz CT molecular complexity index is 1270. The minimum atomic E-state index is 0.531. The molecule has 0 atom stereocenters. The maximum absolute atomic E-state index is 6.41. The Kier molecular flexibility index (Phi) is 5.07. The molecule has 30 heavy (non-hydrogen) atoms. The Balaban J connectivity index is 1.55. The molecule has 5 rings (SSSR count). The highest BCUT2D eigenvalue weighted by molar-refractivity contribution is 9.10. The average molecular weight is 476 g/mol. The van der Waals surface area contributed by atoms with Gasteiger partial charge in [0, 0.05) is 27.9 Å². The molecule has 0 aliphatic rings. The Morgan fingerprint density at radius 2 is 0.967 bits per heavy atom. The van der Waals surface area contributed by atoms with Gasteiger partial charge in [-0.1, -0.05) is 84.4 Å². The zero-order valence-electron chi connectivity index (χ0n) is 15.8. The maximum Gasteiger partial charge on any atom is 0.146 e. The molecule has 0 aliphatic heterocycles. The van der Waals surface area contributed by atoms with Crippen LogP contribution in [-0.4, -0.2) is 0 Å². The van der Waals surface area contributed by atoms with E-state index in [0.29, 0.717) is 21.0 Å². The first-order chi connectivity index (χ1) is 14.7. The molecule has 0 bridgehead atoms. The van der Waals surface area contributed by atoms with Crippen LogP contribution in [0, 0.1) is 0 Å². The number of fused-ring (bicyclic) bond motifs is 2. The van der Waals surface area contributed by atoms with Crippen LogP contribution in [0.15, 0.2) is 102 Å². The second-order valence-electron chi connectivity index (χ2n) is 6.87. The zero-order chi connectivity index (χ0) is 20.5. The molecule has 0 N–H and O–H groups in total. The average Bonchev–Trinajstić information content (AvgIpc) is 2.77. The van der Waals surface area contributed by atoms with Crippen LogP contribution in [-0.2, 0) is 0 Å². The molecule has 0 aromatic heterocycles. The molecule has 4 heteroatoms. The van der Waals surface area contributed by atoms with Gasteiger partial charge >= 0.3 is 0 Å². The number of ether oxygens (including phenoxy) is 2. The van der Waals surface area contributed by atoms with E-state index < -0.39 is 0 Å². The van der Waals surface area contributed by atoms with Gasteiger partial charge in [0.1, 0.15) is 27.5 Å². The number of halogens is 2. The first-order valence-electron chi connectivity index (χ1n) is 9.49. The predicted octanol–water partition coefficient (Wildman–Crippen LogP) is 8.99. The van der Waals surface area contributed by atoms with Crippen LogP contribution in [0.1, 0.15) is 0 Å². The first kappa shape index (κ1) is 19.0. The van der Waals surface area contributed by atoms with E-state index in [1.54, 1.807) is 12.1 Å². The van der Waals surface area contributed by atoms with Gasteiger partial charge in [0.25, 0.3) is 0 Å². The van der Waals surface area contributed by atoms with Crippen molar-refractivity contribution in [1.82, 2.24) is 0 Å². The topological polar surface area (TPSA) is 18.5 Å². The number of hydrogen-bond acceptors (Lipinski definition) is 2. The van der Waals surface area contributed by atoms with E-state index >= 15 is 0 Å². The van der Waals surface area contributed by atoms with Crippen LogP contribution >= 0.6 is 27.5 Å². The third-order valence-corrected chi connectivity index (χ3v) is 5.91. The largest absolute Gasteiger partial charge is 0.455 e. The second-order valence-corrected chi connectivity index (χ2v) is 8.10. The van der Waals surface area contributed by atoms with Crippen molar-refractivity contribution >= 4 is 49.1 Å². The fourth-order valence-electron chi connectivity index (χ4n) is 3.50. The quantitative estimate of drug-likeness (QED) is 0.258. The standard InChI is InChI=1S/C26H16BrClO2/c27-26-24(29-22-13-5-9-17-7-1-3-11-20(17)22)15-19(28)16-25(26)30-23-14-6-10-18-8-2-4-12-21(18)23/h1-16H. The molecular formula is C26H16BrClO2. The van der Waals surface area contributed by atoms with E-state index in [2.05, 4.69) is 40.2 Å². The number of hydrogen-bond donors (Lipinski definition) is 0. The van der Waals surface area contributed by atoms with E-state index in [1.807, 2.05) is 60.7 Å². The summed E-state index contributed by atoms with van der Waals surface area (Å²) in [6, 6.07) is 31.7. The fraction of sp³-hybridized carbons (Fsp3) is 0. The molecule has 0 aliphatic carbocycles. The second kappa shape index (κ2) is 8.02. The molecule has 146 valence electrons. The summed E-state index contributed by atoms with van der Waals surface area (Å²) in [4.78, 5) is 0. The van der Waals surface area contributed by atoms with Gasteiger partial charge < -0.3 is 9.47 Å². The molecule has 0 radical (unpaired) electrons. The molecule has 5 aromatic rings. The summed E-state index contributed by atoms with van der Waals surface area (Å²) >= 11 is 10.1. The van der Waals surface area contributed by atoms with Gasteiger partial charge in [0.15, 0.2) is 0 Å². The van der Waals surface area contributed by atoms with Crippen LogP contribution in [0.25, 0.3) is 21.5 Å². The molecule has 0 unspecified atom stereocenters. The van der Waals surface area contributed by atoms with Crippen LogP contribution in [0.5, 0.6) is 23.0 Å². The van der Waals surface area contributed by atoms with Crippen molar-refractivity contribution in [3.63, 3.8) is 0 Å². The lowest BCUT2D eigenvalue weighted by molar-refractivity contribution is 0.460. The summed E-state index contributed by atoms with van der Waals surface area (Å²) in [5, 5.41) is 4.82. The lowest BCUT2D eigenvalue weighted by atomic mass is 10.1. The highest BCUT2D eigenvalue weighted by atomic mass is 79.9.